The molecule has 104 valence electrons. The van der Waals surface area contributed by atoms with E-state index in [4.69, 9.17) is 4.74 Å². The minimum atomic E-state index is -0.599. The van der Waals surface area contributed by atoms with Crippen LogP contribution in [-0.2, 0) is 11.3 Å². The number of nitrogens with one attached hydrogen (secondary N) is 2. The molecule has 0 saturated carbocycles. The highest BCUT2D eigenvalue weighted by Crippen LogP contribution is 2.12. The van der Waals surface area contributed by atoms with Gasteiger partial charge in [-0.15, -0.1) is 0 Å². The zero-order valence-electron chi connectivity index (χ0n) is 11.1. The predicted molar refractivity (Wildman–Crippen MR) is 69.3 cm³/mol. The summed E-state index contributed by atoms with van der Waals surface area (Å²) in [5.41, 5.74) is 5.12. The van der Waals surface area contributed by atoms with Crippen LogP contribution in [0.5, 0.6) is 0 Å². The molecule has 2 N–H and O–H groups in total. The number of rotatable bonds is 4. The van der Waals surface area contributed by atoms with Crippen LogP contribution in [0.3, 0.4) is 0 Å². The minimum absolute atomic E-state index is 0.0107. The largest absolute Gasteiger partial charge is 0.443 e. The lowest BCUT2D eigenvalue weighted by atomic mass is 10.2. The van der Waals surface area contributed by atoms with Crippen molar-refractivity contribution in [2.45, 2.75) is 32.9 Å². The Morgan fingerprint density at radius 2 is 2.11 bits per heavy atom. The number of benzene rings is 1. The van der Waals surface area contributed by atoms with Crippen LogP contribution in [0.1, 0.15) is 26.3 Å². The number of carbonyl (C=O) groups excluding carboxylic acids is 1. The molecule has 0 fully saturated rings. The quantitative estimate of drug-likeness (QED) is 0.643. The van der Waals surface area contributed by atoms with Crippen LogP contribution in [0.2, 0.25) is 0 Å². The number of amides is 1. The molecule has 0 aromatic heterocycles. The number of hydrazine groups is 1. The van der Waals surface area contributed by atoms with Crippen molar-refractivity contribution in [3.63, 3.8) is 0 Å². The zero-order chi connectivity index (χ0) is 14.5. The monoisotopic (exact) mass is 267 g/mol. The van der Waals surface area contributed by atoms with Crippen molar-refractivity contribution in [2.75, 3.05) is 0 Å². The van der Waals surface area contributed by atoms with Crippen molar-refractivity contribution >= 4 is 11.8 Å². The van der Waals surface area contributed by atoms with Crippen LogP contribution in [0.25, 0.3) is 0 Å². The van der Waals surface area contributed by atoms with Gasteiger partial charge >= 0.3 is 6.09 Å². The van der Waals surface area contributed by atoms with Gasteiger partial charge in [0.1, 0.15) is 5.60 Å². The maximum absolute atomic E-state index is 11.3. The number of ether oxygens (including phenoxy) is 1. The SMILES string of the molecule is CC(C)(C)OC(=O)NNCc1cccc([N+](=O)[O-])c1. The molecule has 1 aromatic carbocycles. The van der Waals surface area contributed by atoms with Gasteiger partial charge in [0.05, 0.1) is 4.92 Å². The molecule has 1 rings (SSSR count). The van der Waals surface area contributed by atoms with E-state index in [0.29, 0.717) is 5.56 Å². The van der Waals surface area contributed by atoms with Crippen molar-refractivity contribution in [3.8, 4) is 0 Å². The number of nitro groups is 1. The zero-order valence-corrected chi connectivity index (χ0v) is 11.1. The molecule has 1 aromatic rings. The first-order valence-corrected chi connectivity index (χ1v) is 5.73. The third-order valence-corrected chi connectivity index (χ3v) is 2.00. The lowest BCUT2D eigenvalue weighted by Crippen LogP contribution is -2.40. The highest BCUT2D eigenvalue weighted by molar-refractivity contribution is 5.66. The van der Waals surface area contributed by atoms with Crippen molar-refractivity contribution in [3.05, 3.63) is 39.9 Å². The molecular formula is C12H17N3O4. The van der Waals surface area contributed by atoms with Crippen molar-refractivity contribution < 1.29 is 14.5 Å². The molecule has 0 saturated heterocycles. The maximum atomic E-state index is 11.3. The van der Waals surface area contributed by atoms with Gasteiger partial charge < -0.3 is 4.74 Å². The molecule has 0 aliphatic carbocycles. The average Bonchev–Trinajstić information content (AvgIpc) is 2.27. The predicted octanol–water partition coefficient (Wildman–Crippen LogP) is 2.12. The second kappa shape index (κ2) is 6.14. The number of hydrogen-bond donors (Lipinski definition) is 2. The number of nitrogens with zero attached hydrogens (tertiary/aromatic N) is 1. The number of carbonyl (C=O) groups is 1. The number of hydrogen-bond acceptors (Lipinski definition) is 5. The summed E-state index contributed by atoms with van der Waals surface area (Å²) in [7, 11) is 0. The van der Waals surface area contributed by atoms with Gasteiger partial charge in [0.25, 0.3) is 5.69 Å². The first-order chi connectivity index (χ1) is 8.78. The van der Waals surface area contributed by atoms with Gasteiger partial charge in [0, 0.05) is 18.7 Å². The topological polar surface area (TPSA) is 93.5 Å². The summed E-state index contributed by atoms with van der Waals surface area (Å²) in [5.74, 6) is 0. The van der Waals surface area contributed by atoms with Gasteiger partial charge in [-0.05, 0) is 26.3 Å². The summed E-state index contributed by atoms with van der Waals surface area (Å²) < 4.78 is 5.02. The molecular weight excluding hydrogens is 250 g/mol. The van der Waals surface area contributed by atoms with Gasteiger partial charge in [-0.2, -0.15) is 0 Å². The standard InChI is InChI=1S/C12H17N3O4/c1-12(2,3)19-11(16)14-13-8-9-5-4-6-10(7-9)15(17)18/h4-7,13H,8H2,1-3H3,(H,14,16). The summed E-state index contributed by atoms with van der Waals surface area (Å²) >= 11 is 0. The summed E-state index contributed by atoms with van der Waals surface area (Å²) in [5, 5.41) is 10.6. The van der Waals surface area contributed by atoms with Crippen LogP contribution in [0, 0.1) is 10.1 Å². The lowest BCUT2D eigenvalue weighted by Gasteiger charge is -2.19. The fourth-order valence-corrected chi connectivity index (χ4v) is 1.30. The van der Waals surface area contributed by atoms with E-state index in [9.17, 15) is 14.9 Å². The van der Waals surface area contributed by atoms with E-state index >= 15 is 0 Å². The van der Waals surface area contributed by atoms with Crippen molar-refractivity contribution in [1.29, 1.82) is 0 Å². The molecule has 1 amide bonds. The number of non-ortho nitro benzene ring substituents is 1. The van der Waals surface area contributed by atoms with E-state index in [1.165, 1.54) is 12.1 Å². The number of nitro benzene ring substituents is 1. The van der Waals surface area contributed by atoms with E-state index in [1.807, 2.05) is 0 Å². The minimum Gasteiger partial charge on any atom is -0.443 e. The van der Waals surface area contributed by atoms with Crippen molar-refractivity contribution in [1.82, 2.24) is 10.9 Å². The first-order valence-electron chi connectivity index (χ1n) is 5.73. The van der Waals surface area contributed by atoms with Gasteiger partial charge in [-0.3, -0.25) is 15.5 Å². The Bertz CT molecular complexity index is 468. The van der Waals surface area contributed by atoms with Crippen LogP contribution in [0.4, 0.5) is 10.5 Å². The maximum Gasteiger partial charge on any atom is 0.422 e. The summed E-state index contributed by atoms with van der Waals surface area (Å²) in [6.45, 7) is 5.54. The van der Waals surface area contributed by atoms with E-state index in [0.717, 1.165) is 0 Å². The Labute approximate surface area is 111 Å². The van der Waals surface area contributed by atoms with E-state index < -0.39 is 16.6 Å². The third-order valence-electron chi connectivity index (χ3n) is 2.00. The van der Waals surface area contributed by atoms with Gasteiger partial charge in [-0.25, -0.2) is 10.2 Å². The Kier molecular flexibility index (Phi) is 4.82. The molecule has 0 heterocycles. The normalized spacial score (nSPS) is 10.9. The molecule has 0 aliphatic heterocycles. The van der Waals surface area contributed by atoms with Crippen LogP contribution in [0.15, 0.2) is 24.3 Å². The Balaban J connectivity index is 2.43. The molecule has 0 radical (unpaired) electrons. The molecule has 0 unspecified atom stereocenters. The van der Waals surface area contributed by atoms with Gasteiger partial charge in [-0.1, -0.05) is 12.1 Å². The fraction of sp³-hybridized carbons (Fsp3) is 0.417. The Morgan fingerprint density at radius 1 is 1.42 bits per heavy atom. The molecule has 0 spiro atoms. The van der Waals surface area contributed by atoms with Crippen molar-refractivity contribution in [2.24, 2.45) is 0 Å². The average molecular weight is 267 g/mol. The lowest BCUT2D eigenvalue weighted by molar-refractivity contribution is -0.384. The fourth-order valence-electron chi connectivity index (χ4n) is 1.30. The van der Waals surface area contributed by atoms with Crippen LogP contribution >= 0.6 is 0 Å². The van der Waals surface area contributed by atoms with E-state index in [2.05, 4.69) is 10.9 Å². The molecule has 7 nitrogen and oxygen atoms in total. The van der Waals surface area contributed by atoms with Gasteiger partial charge in [0.2, 0.25) is 0 Å². The molecule has 0 aliphatic rings. The summed E-state index contributed by atoms with van der Waals surface area (Å²) in [6, 6.07) is 6.15. The Morgan fingerprint density at radius 3 is 2.68 bits per heavy atom. The molecule has 19 heavy (non-hydrogen) atoms. The molecule has 0 bridgehead atoms. The van der Waals surface area contributed by atoms with Crippen LogP contribution < -0.4 is 10.9 Å². The Hall–Kier alpha value is -2.15. The van der Waals surface area contributed by atoms with E-state index in [1.54, 1.807) is 32.9 Å². The second-order valence-corrected chi connectivity index (χ2v) is 4.91. The second-order valence-electron chi connectivity index (χ2n) is 4.91. The summed E-state index contributed by atoms with van der Waals surface area (Å²) in [4.78, 5) is 21.4. The molecule has 7 heteroatoms. The first kappa shape index (κ1) is 14.9. The van der Waals surface area contributed by atoms with Crippen LogP contribution in [-0.4, -0.2) is 16.6 Å². The highest BCUT2D eigenvalue weighted by Gasteiger charge is 2.15. The van der Waals surface area contributed by atoms with Gasteiger partial charge in [0.15, 0.2) is 0 Å². The van der Waals surface area contributed by atoms with E-state index in [-0.39, 0.29) is 12.2 Å². The highest BCUT2D eigenvalue weighted by atomic mass is 16.6. The molecule has 0 atom stereocenters. The summed E-state index contributed by atoms with van der Waals surface area (Å²) in [6.07, 6.45) is -0.599. The third kappa shape index (κ3) is 5.82. The smallest absolute Gasteiger partial charge is 0.422 e.